The molecule has 0 saturated heterocycles. The second kappa shape index (κ2) is 7.66. The Bertz CT molecular complexity index is 1440. The fourth-order valence-electron chi connectivity index (χ4n) is 3.44. The second-order valence-corrected chi connectivity index (χ2v) is 8.13. The molecule has 3 aromatic heterocycles. The van der Waals surface area contributed by atoms with E-state index in [9.17, 15) is 4.79 Å². The number of benzene rings is 2. The van der Waals surface area contributed by atoms with Crippen LogP contribution >= 0.6 is 23.4 Å². The summed E-state index contributed by atoms with van der Waals surface area (Å²) in [5.74, 6) is 0.919. The van der Waals surface area contributed by atoms with Crippen LogP contribution in [-0.2, 0) is 12.2 Å². The maximum absolute atomic E-state index is 12.0. The van der Waals surface area contributed by atoms with Crippen molar-refractivity contribution in [2.45, 2.75) is 24.3 Å². The van der Waals surface area contributed by atoms with E-state index in [1.54, 1.807) is 0 Å². The van der Waals surface area contributed by atoms with Gasteiger partial charge in [0, 0.05) is 39.3 Å². The molecule has 0 fully saturated rings. The Hall–Kier alpha value is -3.03. The summed E-state index contributed by atoms with van der Waals surface area (Å²) in [6, 6.07) is 13.1. The summed E-state index contributed by atoms with van der Waals surface area (Å²) in [6.45, 7) is 2.01. The highest BCUT2D eigenvalue weighted by Crippen LogP contribution is 2.32. The Labute approximate surface area is 180 Å². The molecule has 0 bridgehead atoms. The van der Waals surface area contributed by atoms with Crippen LogP contribution < -0.4 is 5.63 Å². The van der Waals surface area contributed by atoms with E-state index in [0.717, 1.165) is 39.4 Å². The molecule has 0 amide bonds. The van der Waals surface area contributed by atoms with Crippen molar-refractivity contribution in [1.82, 2.24) is 15.2 Å². The molecule has 0 radical (unpaired) electrons. The van der Waals surface area contributed by atoms with E-state index >= 15 is 0 Å². The van der Waals surface area contributed by atoms with Crippen LogP contribution in [0.4, 0.5) is 0 Å². The number of nitrogens with one attached hydrogen (secondary N) is 1. The highest BCUT2D eigenvalue weighted by Gasteiger charge is 2.15. The Morgan fingerprint density at radius 1 is 1.07 bits per heavy atom. The molecule has 0 spiro atoms. The Morgan fingerprint density at radius 3 is 2.80 bits per heavy atom. The third kappa shape index (κ3) is 3.40. The van der Waals surface area contributed by atoms with E-state index < -0.39 is 5.63 Å². The van der Waals surface area contributed by atoms with Gasteiger partial charge in [-0.05, 0) is 35.7 Å². The number of hydrogen-bond acceptors (Lipinski definition) is 6. The summed E-state index contributed by atoms with van der Waals surface area (Å²) < 4.78 is 11.2. The molecule has 2 aromatic carbocycles. The molecule has 0 aliphatic carbocycles. The van der Waals surface area contributed by atoms with Gasteiger partial charge in [-0.2, -0.15) is 0 Å². The third-order valence-corrected chi connectivity index (χ3v) is 6.17. The number of aryl methyl sites for hydroxylation is 1. The standard InChI is InChI=1S/C22H16ClN3O3S/c1-2-12-7-19-15(9-17(12)23)13(8-20(27)28-19)11-30-22-26-25-21(29-22)16-10-24-18-6-4-3-5-14(16)18/h3-10,24H,2,11H2,1H3. The molecule has 5 rings (SSSR count). The van der Waals surface area contributed by atoms with E-state index in [1.165, 1.54) is 17.8 Å². The number of H-pyrrole nitrogens is 1. The van der Waals surface area contributed by atoms with Gasteiger partial charge in [-0.25, -0.2) is 4.79 Å². The lowest BCUT2D eigenvalue weighted by Crippen LogP contribution is -2.00. The Kier molecular flexibility index (Phi) is 4.84. The van der Waals surface area contributed by atoms with Crippen molar-refractivity contribution in [2.24, 2.45) is 0 Å². The number of halogens is 1. The van der Waals surface area contributed by atoms with Gasteiger partial charge >= 0.3 is 5.63 Å². The van der Waals surface area contributed by atoms with Crippen molar-refractivity contribution in [2.75, 3.05) is 0 Å². The van der Waals surface area contributed by atoms with Gasteiger partial charge < -0.3 is 13.8 Å². The van der Waals surface area contributed by atoms with Crippen molar-refractivity contribution in [1.29, 1.82) is 0 Å². The Balaban J connectivity index is 1.44. The molecule has 0 saturated carbocycles. The first kappa shape index (κ1) is 19.0. The number of aromatic amines is 1. The lowest BCUT2D eigenvalue weighted by atomic mass is 10.1. The molecule has 3 heterocycles. The summed E-state index contributed by atoms with van der Waals surface area (Å²) >= 11 is 7.73. The first-order valence-corrected chi connectivity index (χ1v) is 10.8. The topological polar surface area (TPSA) is 84.9 Å². The number of para-hydroxylation sites is 1. The molecule has 8 heteroatoms. The zero-order valence-corrected chi connectivity index (χ0v) is 17.5. The normalized spacial score (nSPS) is 11.5. The smallest absolute Gasteiger partial charge is 0.336 e. The van der Waals surface area contributed by atoms with Crippen LogP contribution in [0.5, 0.6) is 0 Å². The number of thioether (sulfide) groups is 1. The number of fused-ring (bicyclic) bond motifs is 2. The van der Waals surface area contributed by atoms with Crippen molar-refractivity contribution in [3.05, 3.63) is 75.2 Å². The summed E-state index contributed by atoms with van der Waals surface area (Å²) in [7, 11) is 0. The van der Waals surface area contributed by atoms with Crippen LogP contribution in [0.2, 0.25) is 5.02 Å². The minimum absolute atomic E-state index is 0.396. The third-order valence-electron chi connectivity index (χ3n) is 4.96. The van der Waals surface area contributed by atoms with Crippen LogP contribution in [0, 0.1) is 0 Å². The molecule has 6 nitrogen and oxygen atoms in total. The van der Waals surface area contributed by atoms with Crippen LogP contribution in [0.1, 0.15) is 18.1 Å². The fourth-order valence-corrected chi connectivity index (χ4v) is 4.50. The Morgan fingerprint density at radius 2 is 1.93 bits per heavy atom. The van der Waals surface area contributed by atoms with E-state index in [-0.39, 0.29) is 0 Å². The predicted octanol–water partition coefficient (Wildman–Crippen LogP) is 5.83. The predicted molar refractivity (Wildman–Crippen MR) is 118 cm³/mol. The summed E-state index contributed by atoms with van der Waals surface area (Å²) in [5, 5.41) is 11.2. The zero-order chi connectivity index (χ0) is 20.7. The first-order valence-electron chi connectivity index (χ1n) is 9.40. The van der Waals surface area contributed by atoms with Crippen molar-refractivity contribution in [3.8, 4) is 11.5 Å². The molecule has 0 aliphatic rings. The number of nitrogens with zero attached hydrogens (tertiary/aromatic N) is 2. The fraction of sp³-hybridized carbons (Fsp3) is 0.136. The molecular formula is C22H16ClN3O3S. The van der Waals surface area contributed by atoms with Crippen LogP contribution in [0.3, 0.4) is 0 Å². The lowest BCUT2D eigenvalue weighted by Gasteiger charge is -2.07. The van der Waals surface area contributed by atoms with Crippen LogP contribution in [-0.4, -0.2) is 15.2 Å². The van der Waals surface area contributed by atoms with Crippen molar-refractivity contribution < 1.29 is 8.83 Å². The zero-order valence-electron chi connectivity index (χ0n) is 15.9. The minimum atomic E-state index is -0.396. The van der Waals surface area contributed by atoms with E-state index in [4.69, 9.17) is 20.4 Å². The highest BCUT2D eigenvalue weighted by atomic mass is 35.5. The van der Waals surface area contributed by atoms with Gasteiger partial charge in [0.15, 0.2) is 0 Å². The van der Waals surface area contributed by atoms with Crippen LogP contribution in [0.25, 0.3) is 33.3 Å². The molecule has 1 N–H and O–H groups in total. The summed E-state index contributed by atoms with van der Waals surface area (Å²) in [6.07, 6.45) is 2.62. The monoisotopic (exact) mass is 437 g/mol. The molecular weight excluding hydrogens is 422 g/mol. The highest BCUT2D eigenvalue weighted by molar-refractivity contribution is 7.98. The average Bonchev–Trinajstić information content (AvgIpc) is 3.38. The van der Waals surface area contributed by atoms with Crippen molar-refractivity contribution in [3.63, 3.8) is 0 Å². The van der Waals surface area contributed by atoms with Gasteiger partial charge in [0.2, 0.25) is 0 Å². The maximum atomic E-state index is 12.0. The van der Waals surface area contributed by atoms with Gasteiger partial charge in [0.25, 0.3) is 11.1 Å². The quantitative estimate of drug-likeness (QED) is 0.275. The van der Waals surface area contributed by atoms with E-state index in [2.05, 4.69) is 15.2 Å². The van der Waals surface area contributed by atoms with Gasteiger partial charge in [-0.3, -0.25) is 0 Å². The molecule has 0 atom stereocenters. The summed E-state index contributed by atoms with van der Waals surface area (Å²) in [5.41, 5.74) is 3.75. The van der Waals surface area contributed by atoms with Gasteiger partial charge in [0.05, 0.1) is 5.56 Å². The number of hydrogen-bond donors (Lipinski definition) is 1. The lowest BCUT2D eigenvalue weighted by molar-refractivity contribution is 0.466. The number of aromatic nitrogens is 3. The molecule has 0 aliphatic heterocycles. The minimum Gasteiger partial charge on any atom is -0.423 e. The second-order valence-electron chi connectivity index (χ2n) is 6.79. The van der Waals surface area contributed by atoms with Crippen LogP contribution in [0.15, 0.2) is 67.5 Å². The van der Waals surface area contributed by atoms with Gasteiger partial charge in [0.1, 0.15) is 5.58 Å². The van der Waals surface area contributed by atoms with Crippen molar-refractivity contribution >= 4 is 45.2 Å². The van der Waals surface area contributed by atoms with E-state index in [0.29, 0.717) is 27.5 Å². The van der Waals surface area contributed by atoms with Gasteiger partial charge in [-0.15, -0.1) is 10.2 Å². The average molecular weight is 438 g/mol. The van der Waals surface area contributed by atoms with Gasteiger partial charge in [-0.1, -0.05) is 48.5 Å². The van der Waals surface area contributed by atoms with E-state index in [1.807, 2.05) is 49.5 Å². The SMILES string of the molecule is CCc1cc2oc(=O)cc(CSc3nnc(-c4c[nH]c5ccccc45)o3)c2cc1Cl. The molecule has 0 unspecified atom stereocenters. The first-order chi connectivity index (χ1) is 14.6. The molecule has 5 aromatic rings. The molecule has 150 valence electrons. The summed E-state index contributed by atoms with van der Waals surface area (Å²) in [4.78, 5) is 15.2. The molecule has 30 heavy (non-hydrogen) atoms. The maximum Gasteiger partial charge on any atom is 0.336 e. The largest absolute Gasteiger partial charge is 0.423 e. The number of rotatable bonds is 5.